The maximum absolute atomic E-state index is 6.88. The summed E-state index contributed by atoms with van der Waals surface area (Å²) in [7, 11) is 0. The van der Waals surface area contributed by atoms with E-state index in [1.807, 2.05) is 25.1 Å². The minimum absolute atomic E-state index is 0.204. The summed E-state index contributed by atoms with van der Waals surface area (Å²) in [5, 5.41) is 11.3. The van der Waals surface area contributed by atoms with Crippen molar-refractivity contribution >= 4 is 23.8 Å². The molecular weight excluding hydrogens is 200 g/mol. The number of nitrogens with two attached hydrogens (primary N) is 1. The van der Waals surface area contributed by atoms with Crippen molar-refractivity contribution in [3.8, 4) is 0 Å². The lowest BCUT2D eigenvalue weighted by molar-refractivity contribution is 1.00. The van der Waals surface area contributed by atoms with Gasteiger partial charge in [-0.05, 0) is 12.5 Å². The molecular formula is C9H11ClN4. The standard InChI is InChI=1S/C9H11ClN4/c1-6-3-2-4-7(8(6)10)5-13-14-9(11)12/h2-5H,1H3,(H4,11,12,14)/b13-5+. The first kappa shape index (κ1) is 10.5. The third kappa shape index (κ3) is 2.74. The van der Waals surface area contributed by atoms with Gasteiger partial charge >= 0.3 is 0 Å². The molecule has 74 valence electrons. The zero-order valence-electron chi connectivity index (χ0n) is 7.71. The smallest absolute Gasteiger partial charge is 0.206 e. The van der Waals surface area contributed by atoms with E-state index in [0.29, 0.717) is 5.02 Å². The van der Waals surface area contributed by atoms with E-state index < -0.39 is 0 Å². The minimum Gasteiger partial charge on any atom is -0.369 e. The fraction of sp³-hybridized carbons (Fsp3) is 0.111. The Kier molecular flexibility index (Phi) is 3.48. The van der Waals surface area contributed by atoms with Crippen molar-refractivity contribution in [1.29, 1.82) is 5.41 Å². The van der Waals surface area contributed by atoms with Crippen LogP contribution in [0.3, 0.4) is 0 Å². The second kappa shape index (κ2) is 4.62. The third-order valence-corrected chi connectivity index (χ3v) is 2.13. The average molecular weight is 211 g/mol. The highest BCUT2D eigenvalue weighted by atomic mass is 35.5. The Balaban J connectivity index is 2.81. The molecule has 4 N–H and O–H groups in total. The van der Waals surface area contributed by atoms with Crippen LogP contribution in [0.2, 0.25) is 5.02 Å². The van der Waals surface area contributed by atoms with Gasteiger partial charge in [0.25, 0.3) is 0 Å². The topological polar surface area (TPSA) is 74.3 Å². The maximum Gasteiger partial charge on any atom is 0.206 e. The molecule has 0 aliphatic carbocycles. The highest BCUT2D eigenvalue weighted by molar-refractivity contribution is 6.33. The monoisotopic (exact) mass is 210 g/mol. The molecule has 0 aromatic heterocycles. The Hall–Kier alpha value is -1.55. The molecule has 0 spiro atoms. The maximum atomic E-state index is 6.88. The van der Waals surface area contributed by atoms with Gasteiger partial charge < -0.3 is 5.73 Å². The number of rotatable bonds is 2. The molecule has 0 unspecified atom stereocenters. The second-order valence-corrected chi connectivity index (χ2v) is 3.14. The van der Waals surface area contributed by atoms with Gasteiger partial charge in [0.15, 0.2) is 0 Å². The molecule has 0 amide bonds. The van der Waals surface area contributed by atoms with Gasteiger partial charge in [-0.15, -0.1) is 0 Å². The molecule has 0 saturated carbocycles. The van der Waals surface area contributed by atoms with Crippen LogP contribution < -0.4 is 11.2 Å². The van der Waals surface area contributed by atoms with Crippen LogP contribution in [-0.2, 0) is 0 Å². The summed E-state index contributed by atoms with van der Waals surface area (Å²) in [4.78, 5) is 0. The molecule has 0 aliphatic heterocycles. The van der Waals surface area contributed by atoms with Crippen LogP contribution in [0.15, 0.2) is 23.3 Å². The normalized spacial score (nSPS) is 10.4. The van der Waals surface area contributed by atoms with Gasteiger partial charge in [0, 0.05) is 5.56 Å². The first-order valence-corrected chi connectivity index (χ1v) is 4.37. The summed E-state index contributed by atoms with van der Waals surface area (Å²) in [6.45, 7) is 1.91. The molecule has 0 atom stereocenters. The number of halogens is 1. The number of benzene rings is 1. The lowest BCUT2D eigenvalue weighted by atomic mass is 10.1. The molecule has 0 heterocycles. The van der Waals surface area contributed by atoms with Gasteiger partial charge in [0.1, 0.15) is 0 Å². The zero-order chi connectivity index (χ0) is 10.6. The fourth-order valence-electron chi connectivity index (χ4n) is 0.941. The van der Waals surface area contributed by atoms with E-state index in [0.717, 1.165) is 11.1 Å². The minimum atomic E-state index is -0.204. The summed E-state index contributed by atoms with van der Waals surface area (Å²) >= 11 is 6.00. The van der Waals surface area contributed by atoms with Crippen molar-refractivity contribution in [1.82, 2.24) is 5.43 Å². The predicted octanol–water partition coefficient (Wildman–Crippen LogP) is 1.47. The molecule has 0 fully saturated rings. The fourth-order valence-corrected chi connectivity index (χ4v) is 1.12. The molecule has 14 heavy (non-hydrogen) atoms. The summed E-state index contributed by atoms with van der Waals surface area (Å²) in [6, 6.07) is 5.63. The van der Waals surface area contributed by atoms with Crippen LogP contribution in [0.5, 0.6) is 0 Å². The van der Waals surface area contributed by atoms with Gasteiger partial charge in [-0.3, -0.25) is 5.41 Å². The lowest BCUT2D eigenvalue weighted by Crippen LogP contribution is -2.25. The van der Waals surface area contributed by atoms with Crippen LogP contribution in [0, 0.1) is 12.3 Å². The van der Waals surface area contributed by atoms with Crippen molar-refractivity contribution in [3.63, 3.8) is 0 Å². The average Bonchev–Trinajstić information content (AvgIpc) is 2.12. The first-order valence-electron chi connectivity index (χ1n) is 3.99. The summed E-state index contributed by atoms with van der Waals surface area (Å²) in [5.74, 6) is -0.204. The number of nitrogens with one attached hydrogen (secondary N) is 2. The van der Waals surface area contributed by atoms with E-state index in [2.05, 4.69) is 10.5 Å². The van der Waals surface area contributed by atoms with Crippen LogP contribution in [0.1, 0.15) is 11.1 Å². The van der Waals surface area contributed by atoms with Crippen molar-refractivity contribution in [2.75, 3.05) is 0 Å². The van der Waals surface area contributed by atoms with E-state index in [1.54, 1.807) is 0 Å². The summed E-state index contributed by atoms with van der Waals surface area (Å²) < 4.78 is 0. The molecule has 1 rings (SSSR count). The summed E-state index contributed by atoms with van der Waals surface area (Å²) in [6.07, 6.45) is 1.52. The SMILES string of the molecule is Cc1cccc(/C=N/NC(=N)N)c1Cl. The Labute approximate surface area is 87.3 Å². The van der Waals surface area contributed by atoms with Gasteiger partial charge in [-0.2, -0.15) is 5.10 Å². The largest absolute Gasteiger partial charge is 0.369 e. The molecule has 0 bridgehead atoms. The van der Waals surface area contributed by atoms with Crippen LogP contribution in [0.4, 0.5) is 0 Å². The van der Waals surface area contributed by atoms with Crippen LogP contribution >= 0.6 is 11.6 Å². The number of nitrogens with zero attached hydrogens (tertiary/aromatic N) is 1. The third-order valence-electron chi connectivity index (χ3n) is 1.61. The Bertz CT molecular complexity index is 373. The van der Waals surface area contributed by atoms with Gasteiger partial charge in [0.2, 0.25) is 5.96 Å². The molecule has 1 aromatic rings. The molecule has 0 aliphatic rings. The molecule has 4 nitrogen and oxygen atoms in total. The number of hydrogen-bond acceptors (Lipinski definition) is 2. The Morgan fingerprint density at radius 1 is 1.64 bits per heavy atom. The highest BCUT2D eigenvalue weighted by Crippen LogP contribution is 2.18. The number of hydrogen-bond donors (Lipinski definition) is 3. The molecule has 0 saturated heterocycles. The summed E-state index contributed by atoms with van der Waals surface area (Å²) in [5.41, 5.74) is 9.14. The predicted molar refractivity (Wildman–Crippen MR) is 58.8 cm³/mol. The van der Waals surface area contributed by atoms with Crippen molar-refractivity contribution in [2.24, 2.45) is 10.8 Å². The Morgan fingerprint density at radius 2 is 2.36 bits per heavy atom. The van der Waals surface area contributed by atoms with E-state index in [1.165, 1.54) is 6.21 Å². The highest BCUT2D eigenvalue weighted by Gasteiger charge is 1.98. The van der Waals surface area contributed by atoms with Gasteiger partial charge in [-0.25, -0.2) is 5.43 Å². The van der Waals surface area contributed by atoms with Gasteiger partial charge in [-0.1, -0.05) is 29.8 Å². The number of guanidine groups is 1. The quantitative estimate of drug-likeness (QED) is 0.393. The van der Waals surface area contributed by atoms with Crippen molar-refractivity contribution in [2.45, 2.75) is 6.92 Å². The van der Waals surface area contributed by atoms with E-state index in [4.69, 9.17) is 22.7 Å². The Morgan fingerprint density at radius 3 is 3.00 bits per heavy atom. The zero-order valence-corrected chi connectivity index (χ0v) is 8.47. The van der Waals surface area contributed by atoms with Crippen molar-refractivity contribution < 1.29 is 0 Å². The molecule has 1 aromatic carbocycles. The number of hydrazone groups is 1. The van der Waals surface area contributed by atoms with Gasteiger partial charge in [0.05, 0.1) is 11.2 Å². The van der Waals surface area contributed by atoms with E-state index in [9.17, 15) is 0 Å². The van der Waals surface area contributed by atoms with E-state index in [-0.39, 0.29) is 5.96 Å². The first-order chi connectivity index (χ1) is 6.61. The molecule has 5 heteroatoms. The van der Waals surface area contributed by atoms with E-state index >= 15 is 0 Å². The lowest BCUT2D eigenvalue weighted by Gasteiger charge is -2.00. The molecule has 0 radical (unpaired) electrons. The van der Waals surface area contributed by atoms with Crippen LogP contribution in [-0.4, -0.2) is 12.2 Å². The number of aryl methyl sites for hydroxylation is 1. The van der Waals surface area contributed by atoms with Crippen molar-refractivity contribution in [3.05, 3.63) is 34.3 Å². The second-order valence-electron chi connectivity index (χ2n) is 2.76. The van der Waals surface area contributed by atoms with Crippen LogP contribution in [0.25, 0.3) is 0 Å².